The van der Waals surface area contributed by atoms with Crippen LogP contribution in [0.2, 0.25) is 10.0 Å². The van der Waals surface area contributed by atoms with Gasteiger partial charge in [0.05, 0.1) is 28.5 Å². The van der Waals surface area contributed by atoms with Gasteiger partial charge in [0.2, 0.25) is 0 Å². The molecule has 136 valence electrons. The van der Waals surface area contributed by atoms with Gasteiger partial charge in [0, 0.05) is 12.3 Å². The minimum Gasteiger partial charge on any atom is -0.318 e. The molecule has 0 spiro atoms. The van der Waals surface area contributed by atoms with Gasteiger partial charge >= 0.3 is 6.18 Å². The summed E-state index contributed by atoms with van der Waals surface area (Å²) in [5.74, 6) is -0.786. The van der Waals surface area contributed by atoms with Crippen LogP contribution in [0.3, 0.4) is 0 Å². The Morgan fingerprint density at radius 2 is 2.00 bits per heavy atom. The fourth-order valence-corrected chi connectivity index (χ4v) is 2.44. The van der Waals surface area contributed by atoms with E-state index in [1.807, 2.05) is 0 Å². The molecule has 1 amide bonds. The number of carbonyl (C=O) groups is 1. The molecule has 2 N–H and O–H groups in total. The lowest BCUT2D eigenvalue weighted by Crippen LogP contribution is -2.12. The summed E-state index contributed by atoms with van der Waals surface area (Å²) in [6.07, 6.45) is -1.71. The number of hydrogen-bond acceptors (Lipinski definition) is 3. The third-order valence-corrected chi connectivity index (χ3v) is 4.07. The second-order valence-electron chi connectivity index (χ2n) is 5.29. The molecular formula is C15H10Cl2F3N5O. The molecule has 3 rings (SSSR count). The first-order chi connectivity index (χ1) is 12.2. The lowest BCUT2D eigenvalue weighted by Gasteiger charge is -2.03. The molecular weight excluding hydrogens is 394 g/mol. The summed E-state index contributed by atoms with van der Waals surface area (Å²) in [4.78, 5) is 12.0. The zero-order chi connectivity index (χ0) is 18.9. The summed E-state index contributed by atoms with van der Waals surface area (Å²) < 4.78 is 39.1. The number of alkyl halides is 3. The van der Waals surface area contributed by atoms with E-state index in [4.69, 9.17) is 23.2 Å². The maximum absolute atomic E-state index is 12.5. The van der Waals surface area contributed by atoms with Crippen molar-refractivity contribution >= 4 is 34.8 Å². The van der Waals surface area contributed by atoms with E-state index in [1.165, 1.54) is 17.1 Å². The Labute approximate surface area is 154 Å². The van der Waals surface area contributed by atoms with Crippen molar-refractivity contribution in [1.82, 2.24) is 20.0 Å². The molecule has 6 nitrogen and oxygen atoms in total. The molecule has 0 radical (unpaired) electrons. The van der Waals surface area contributed by atoms with E-state index in [0.717, 1.165) is 5.56 Å². The van der Waals surface area contributed by atoms with Crippen LogP contribution in [-0.4, -0.2) is 25.9 Å². The lowest BCUT2D eigenvalue weighted by atomic mass is 10.2. The van der Waals surface area contributed by atoms with E-state index < -0.39 is 17.8 Å². The molecule has 3 aromatic rings. The molecule has 0 bridgehead atoms. The van der Waals surface area contributed by atoms with Crippen LogP contribution >= 0.6 is 23.2 Å². The van der Waals surface area contributed by atoms with Gasteiger partial charge in [-0.25, -0.2) is 0 Å². The Morgan fingerprint density at radius 1 is 1.23 bits per heavy atom. The molecule has 2 aromatic heterocycles. The van der Waals surface area contributed by atoms with Crippen LogP contribution in [0.1, 0.15) is 21.7 Å². The van der Waals surface area contributed by atoms with Gasteiger partial charge in [-0.2, -0.15) is 23.4 Å². The van der Waals surface area contributed by atoms with Crippen LogP contribution in [0, 0.1) is 0 Å². The van der Waals surface area contributed by atoms with Crippen LogP contribution in [0.4, 0.5) is 18.9 Å². The van der Waals surface area contributed by atoms with E-state index in [9.17, 15) is 18.0 Å². The molecule has 0 saturated carbocycles. The highest BCUT2D eigenvalue weighted by Crippen LogP contribution is 2.28. The topological polar surface area (TPSA) is 75.6 Å². The van der Waals surface area contributed by atoms with Crippen LogP contribution in [-0.2, 0) is 12.7 Å². The molecule has 0 aliphatic rings. The second-order valence-corrected chi connectivity index (χ2v) is 6.11. The van der Waals surface area contributed by atoms with Gasteiger partial charge in [-0.1, -0.05) is 29.3 Å². The molecule has 26 heavy (non-hydrogen) atoms. The summed E-state index contributed by atoms with van der Waals surface area (Å²) in [5.41, 5.74) is -0.332. The Kier molecular flexibility index (Phi) is 4.92. The van der Waals surface area contributed by atoms with E-state index in [-0.39, 0.29) is 5.69 Å². The Morgan fingerprint density at radius 3 is 2.65 bits per heavy atom. The number of aromatic nitrogens is 4. The highest BCUT2D eigenvalue weighted by atomic mass is 35.5. The minimum atomic E-state index is -4.60. The Hall–Kier alpha value is -2.52. The normalized spacial score (nSPS) is 11.6. The first kappa shape index (κ1) is 18.3. The fourth-order valence-electron chi connectivity index (χ4n) is 2.12. The van der Waals surface area contributed by atoms with Crippen molar-refractivity contribution in [1.29, 1.82) is 0 Å². The highest BCUT2D eigenvalue weighted by molar-refractivity contribution is 6.42. The number of halogens is 5. The van der Waals surface area contributed by atoms with Crippen molar-refractivity contribution in [2.75, 3.05) is 5.32 Å². The fraction of sp³-hybridized carbons (Fsp3) is 0.133. The number of nitrogens with zero attached hydrogens (tertiary/aromatic N) is 3. The number of benzene rings is 1. The maximum atomic E-state index is 12.5. The van der Waals surface area contributed by atoms with E-state index >= 15 is 0 Å². The van der Waals surface area contributed by atoms with E-state index in [0.29, 0.717) is 28.3 Å². The van der Waals surface area contributed by atoms with Crippen molar-refractivity contribution in [2.45, 2.75) is 12.7 Å². The molecule has 0 aliphatic heterocycles. The third-order valence-electron chi connectivity index (χ3n) is 3.34. The van der Waals surface area contributed by atoms with E-state index in [2.05, 4.69) is 15.5 Å². The largest absolute Gasteiger partial charge is 0.432 e. The minimum absolute atomic E-state index is 0.312. The van der Waals surface area contributed by atoms with Gasteiger partial charge in [0.25, 0.3) is 5.91 Å². The SMILES string of the molecule is O=C(Nc1cnn(Cc2ccc(Cl)c(Cl)c2)c1)c1cc(C(F)(F)F)[nH]n1. The van der Waals surface area contributed by atoms with Crippen LogP contribution in [0.15, 0.2) is 36.7 Å². The van der Waals surface area contributed by atoms with Crippen molar-refractivity contribution in [3.63, 3.8) is 0 Å². The smallest absolute Gasteiger partial charge is 0.318 e. The standard InChI is InChI=1S/C15H10Cl2F3N5O/c16-10-2-1-8(3-11(10)17)6-25-7-9(5-21-25)22-14(26)12-4-13(24-23-12)15(18,19)20/h1-5,7H,6H2,(H,22,26)(H,23,24). The molecule has 0 fully saturated rings. The Balaban J connectivity index is 1.67. The van der Waals surface area contributed by atoms with Gasteiger partial charge < -0.3 is 5.32 Å². The molecule has 2 heterocycles. The van der Waals surface area contributed by atoms with Gasteiger partial charge in [-0.05, 0) is 17.7 Å². The number of nitrogens with one attached hydrogen (secondary N) is 2. The number of amides is 1. The zero-order valence-corrected chi connectivity index (χ0v) is 14.3. The predicted octanol–water partition coefficient (Wildman–Crippen LogP) is 4.23. The number of anilines is 1. The summed E-state index contributed by atoms with van der Waals surface area (Å²) in [5, 5.41) is 12.5. The van der Waals surface area contributed by atoms with Gasteiger partial charge in [0.1, 0.15) is 5.69 Å². The van der Waals surface area contributed by atoms with Crippen molar-refractivity contribution in [3.05, 3.63) is 63.7 Å². The molecule has 1 aromatic carbocycles. The molecule has 0 unspecified atom stereocenters. The molecule has 0 saturated heterocycles. The summed E-state index contributed by atoms with van der Waals surface area (Å²) >= 11 is 11.8. The molecule has 11 heteroatoms. The maximum Gasteiger partial charge on any atom is 0.432 e. The molecule has 0 atom stereocenters. The van der Waals surface area contributed by atoms with Gasteiger partial charge in [0.15, 0.2) is 5.69 Å². The summed E-state index contributed by atoms with van der Waals surface area (Å²) in [6.45, 7) is 0.368. The third kappa shape index (κ3) is 4.17. The first-order valence-corrected chi connectivity index (χ1v) is 7.88. The van der Waals surface area contributed by atoms with Crippen molar-refractivity contribution in [3.8, 4) is 0 Å². The number of rotatable bonds is 4. The summed E-state index contributed by atoms with van der Waals surface area (Å²) in [7, 11) is 0. The predicted molar refractivity (Wildman–Crippen MR) is 89.3 cm³/mol. The second kappa shape index (κ2) is 7.00. The monoisotopic (exact) mass is 403 g/mol. The van der Waals surface area contributed by atoms with Crippen molar-refractivity contribution in [2.24, 2.45) is 0 Å². The van der Waals surface area contributed by atoms with Crippen LogP contribution in [0.25, 0.3) is 0 Å². The Bertz CT molecular complexity index is 951. The lowest BCUT2D eigenvalue weighted by molar-refractivity contribution is -0.141. The summed E-state index contributed by atoms with van der Waals surface area (Å²) in [6, 6.07) is 5.75. The zero-order valence-electron chi connectivity index (χ0n) is 12.8. The highest BCUT2D eigenvalue weighted by Gasteiger charge is 2.33. The number of H-pyrrole nitrogens is 1. The average Bonchev–Trinajstić information content (AvgIpc) is 3.20. The average molecular weight is 404 g/mol. The number of carbonyl (C=O) groups excluding carboxylic acids is 1. The molecule has 0 aliphatic carbocycles. The van der Waals surface area contributed by atoms with Gasteiger partial charge in [-0.3, -0.25) is 14.6 Å². The number of aromatic amines is 1. The van der Waals surface area contributed by atoms with Crippen molar-refractivity contribution < 1.29 is 18.0 Å². The first-order valence-electron chi connectivity index (χ1n) is 7.13. The van der Waals surface area contributed by atoms with Crippen LogP contribution in [0.5, 0.6) is 0 Å². The quantitative estimate of drug-likeness (QED) is 0.684. The van der Waals surface area contributed by atoms with Gasteiger partial charge in [-0.15, -0.1) is 0 Å². The van der Waals surface area contributed by atoms with E-state index in [1.54, 1.807) is 23.3 Å². The van der Waals surface area contributed by atoms with Crippen LogP contribution < -0.4 is 5.32 Å². The number of hydrogen-bond donors (Lipinski definition) is 2.